The number of hydrogen-bond donors (Lipinski definition) is 1. The van der Waals surface area contributed by atoms with Crippen molar-refractivity contribution in [3.8, 4) is 0 Å². The topological polar surface area (TPSA) is 41.5 Å². The fraction of sp³-hybridized carbons (Fsp3) is 0.0909. The Morgan fingerprint density at radius 1 is 0.840 bits per heavy atom. The van der Waals surface area contributed by atoms with Crippen molar-refractivity contribution in [3.05, 3.63) is 95.6 Å². The highest BCUT2D eigenvalue weighted by Crippen LogP contribution is 2.28. The molecule has 3 heteroatoms. The average Bonchev–Trinajstić information content (AvgIpc) is 2.68. The van der Waals surface area contributed by atoms with E-state index in [2.05, 4.69) is 29.6 Å². The number of rotatable bonds is 3. The molecule has 0 fully saturated rings. The second kappa shape index (κ2) is 6.73. The summed E-state index contributed by atoms with van der Waals surface area (Å²) in [4.78, 5) is 16.9. The number of ketones is 1. The van der Waals surface area contributed by atoms with Gasteiger partial charge in [-0.25, -0.2) is 4.99 Å². The van der Waals surface area contributed by atoms with Gasteiger partial charge in [-0.2, -0.15) is 0 Å². The third-order valence-electron chi connectivity index (χ3n) is 4.31. The fourth-order valence-corrected chi connectivity index (χ4v) is 3.05. The summed E-state index contributed by atoms with van der Waals surface area (Å²) in [5, 5.41) is 3.30. The summed E-state index contributed by atoms with van der Waals surface area (Å²) in [5.41, 5.74) is 5.52. The van der Waals surface area contributed by atoms with Crippen LogP contribution in [0, 0.1) is 0 Å². The van der Waals surface area contributed by atoms with E-state index >= 15 is 0 Å². The number of carbonyl (C=O) groups is 1. The van der Waals surface area contributed by atoms with Crippen LogP contribution in [0.2, 0.25) is 0 Å². The van der Waals surface area contributed by atoms with Gasteiger partial charge in [0.25, 0.3) is 0 Å². The first-order valence-electron chi connectivity index (χ1n) is 8.42. The SMILES string of the molecule is O=C1CCNc2cc(N=C(c3ccccc3)c3ccccc3)ccc21. The normalized spacial score (nSPS) is 12.9. The summed E-state index contributed by atoms with van der Waals surface area (Å²) in [5.74, 6) is 0.190. The molecule has 0 aromatic heterocycles. The highest BCUT2D eigenvalue weighted by Gasteiger charge is 2.17. The Hall–Kier alpha value is -3.20. The molecule has 122 valence electrons. The third kappa shape index (κ3) is 3.22. The van der Waals surface area contributed by atoms with E-state index in [9.17, 15) is 4.79 Å². The van der Waals surface area contributed by atoms with Crippen LogP contribution in [-0.4, -0.2) is 18.0 Å². The Kier molecular flexibility index (Phi) is 4.13. The van der Waals surface area contributed by atoms with Gasteiger partial charge in [0.2, 0.25) is 0 Å². The maximum absolute atomic E-state index is 12.0. The van der Waals surface area contributed by atoms with Crippen molar-refractivity contribution in [1.29, 1.82) is 0 Å². The summed E-state index contributed by atoms with van der Waals surface area (Å²) in [7, 11) is 0. The van der Waals surface area contributed by atoms with E-state index in [0.29, 0.717) is 13.0 Å². The summed E-state index contributed by atoms with van der Waals surface area (Å²) in [6.45, 7) is 0.684. The first-order valence-corrected chi connectivity index (χ1v) is 8.42. The molecular weight excluding hydrogens is 308 g/mol. The second-order valence-electron chi connectivity index (χ2n) is 6.02. The van der Waals surface area contributed by atoms with Crippen molar-refractivity contribution in [2.45, 2.75) is 6.42 Å². The molecule has 3 nitrogen and oxygen atoms in total. The van der Waals surface area contributed by atoms with E-state index in [-0.39, 0.29) is 5.78 Å². The minimum atomic E-state index is 0.190. The molecular formula is C22H18N2O. The minimum absolute atomic E-state index is 0.190. The van der Waals surface area contributed by atoms with Crippen LogP contribution in [0.25, 0.3) is 0 Å². The van der Waals surface area contributed by atoms with Crippen LogP contribution in [0.15, 0.2) is 83.9 Å². The number of nitrogens with zero attached hydrogens (tertiary/aromatic N) is 1. The van der Waals surface area contributed by atoms with Crippen LogP contribution in [0.5, 0.6) is 0 Å². The Morgan fingerprint density at radius 3 is 2.12 bits per heavy atom. The van der Waals surface area contributed by atoms with Crippen molar-refractivity contribution >= 4 is 22.9 Å². The van der Waals surface area contributed by atoms with Crippen molar-refractivity contribution in [1.82, 2.24) is 0 Å². The lowest BCUT2D eigenvalue weighted by Gasteiger charge is -2.17. The average molecular weight is 326 g/mol. The number of hydrogen-bond acceptors (Lipinski definition) is 3. The number of nitrogens with one attached hydrogen (secondary N) is 1. The Balaban J connectivity index is 1.81. The molecule has 0 bridgehead atoms. The molecule has 25 heavy (non-hydrogen) atoms. The predicted octanol–water partition coefficient (Wildman–Crippen LogP) is 4.85. The lowest BCUT2D eigenvalue weighted by molar-refractivity contribution is 0.0984. The van der Waals surface area contributed by atoms with Gasteiger partial charge in [-0.15, -0.1) is 0 Å². The van der Waals surface area contributed by atoms with Crippen LogP contribution in [0.3, 0.4) is 0 Å². The third-order valence-corrected chi connectivity index (χ3v) is 4.31. The van der Waals surface area contributed by atoms with Gasteiger partial charge in [-0.1, -0.05) is 60.7 Å². The maximum Gasteiger partial charge on any atom is 0.166 e. The molecule has 0 aliphatic carbocycles. The summed E-state index contributed by atoms with van der Waals surface area (Å²) >= 11 is 0. The molecule has 1 heterocycles. The fourth-order valence-electron chi connectivity index (χ4n) is 3.05. The van der Waals surface area contributed by atoms with Crippen LogP contribution < -0.4 is 5.32 Å². The highest BCUT2D eigenvalue weighted by molar-refractivity contribution is 6.14. The predicted molar refractivity (Wildman–Crippen MR) is 102 cm³/mol. The van der Waals surface area contributed by atoms with E-state index in [1.807, 2.05) is 54.6 Å². The molecule has 0 saturated heterocycles. The summed E-state index contributed by atoms with van der Waals surface area (Å²) < 4.78 is 0. The molecule has 1 aliphatic rings. The molecule has 4 rings (SSSR count). The molecule has 1 aliphatic heterocycles. The van der Waals surface area contributed by atoms with Gasteiger partial charge >= 0.3 is 0 Å². The van der Waals surface area contributed by atoms with Gasteiger partial charge < -0.3 is 5.32 Å². The number of aliphatic imine (C=N–C) groups is 1. The number of fused-ring (bicyclic) bond motifs is 1. The zero-order chi connectivity index (χ0) is 17.1. The summed E-state index contributed by atoms with van der Waals surface area (Å²) in [6.07, 6.45) is 0.550. The standard InChI is InChI=1S/C22H18N2O/c25-21-13-14-23-20-15-18(11-12-19(20)21)24-22(16-7-3-1-4-8-16)17-9-5-2-6-10-17/h1-12,15,23H,13-14H2. The van der Waals surface area contributed by atoms with Crippen LogP contribution in [0.4, 0.5) is 11.4 Å². The molecule has 0 spiro atoms. The van der Waals surface area contributed by atoms with Gasteiger partial charge in [0.15, 0.2) is 5.78 Å². The molecule has 3 aromatic rings. The van der Waals surface area contributed by atoms with E-state index in [1.165, 1.54) is 0 Å². The molecule has 0 amide bonds. The highest BCUT2D eigenvalue weighted by atomic mass is 16.1. The van der Waals surface area contributed by atoms with Crippen LogP contribution in [-0.2, 0) is 0 Å². The van der Waals surface area contributed by atoms with Crippen LogP contribution in [0.1, 0.15) is 27.9 Å². The van der Waals surface area contributed by atoms with E-state index in [1.54, 1.807) is 0 Å². The van der Waals surface area contributed by atoms with Crippen molar-refractivity contribution < 1.29 is 4.79 Å². The zero-order valence-electron chi connectivity index (χ0n) is 13.8. The lowest BCUT2D eigenvalue weighted by atomic mass is 10.0. The second-order valence-corrected chi connectivity index (χ2v) is 6.02. The molecule has 0 atom stereocenters. The first-order chi connectivity index (χ1) is 12.3. The van der Waals surface area contributed by atoms with Gasteiger partial charge in [0, 0.05) is 35.3 Å². The largest absolute Gasteiger partial charge is 0.384 e. The first kappa shape index (κ1) is 15.3. The van der Waals surface area contributed by atoms with Crippen molar-refractivity contribution in [2.24, 2.45) is 4.99 Å². The zero-order valence-corrected chi connectivity index (χ0v) is 13.8. The smallest absolute Gasteiger partial charge is 0.166 e. The lowest BCUT2D eigenvalue weighted by Crippen LogP contribution is -2.17. The number of benzene rings is 3. The van der Waals surface area contributed by atoms with Crippen molar-refractivity contribution in [2.75, 3.05) is 11.9 Å². The Morgan fingerprint density at radius 2 is 1.48 bits per heavy atom. The maximum atomic E-state index is 12.0. The van der Waals surface area contributed by atoms with Gasteiger partial charge in [0.05, 0.1) is 11.4 Å². The quantitative estimate of drug-likeness (QED) is 0.699. The Bertz CT molecular complexity index is 889. The van der Waals surface area contributed by atoms with Gasteiger partial charge in [0.1, 0.15) is 0 Å². The molecule has 0 radical (unpaired) electrons. The van der Waals surface area contributed by atoms with E-state index in [4.69, 9.17) is 4.99 Å². The monoisotopic (exact) mass is 326 g/mol. The molecule has 0 saturated carbocycles. The van der Waals surface area contributed by atoms with Crippen molar-refractivity contribution in [3.63, 3.8) is 0 Å². The number of anilines is 1. The van der Waals surface area contributed by atoms with E-state index < -0.39 is 0 Å². The summed E-state index contributed by atoms with van der Waals surface area (Å²) in [6, 6.07) is 26.0. The molecule has 3 aromatic carbocycles. The Labute approximate surface area is 147 Å². The number of Topliss-reactive ketones (excluding diaryl/α,β-unsaturated/α-hetero) is 1. The number of carbonyl (C=O) groups excluding carboxylic acids is 1. The van der Waals surface area contributed by atoms with Crippen LogP contribution >= 0.6 is 0 Å². The van der Waals surface area contributed by atoms with Gasteiger partial charge in [-0.3, -0.25) is 4.79 Å². The van der Waals surface area contributed by atoms with E-state index in [0.717, 1.165) is 33.8 Å². The van der Waals surface area contributed by atoms with Gasteiger partial charge in [-0.05, 0) is 18.2 Å². The molecule has 0 unspecified atom stereocenters. The minimum Gasteiger partial charge on any atom is -0.384 e. The molecule has 1 N–H and O–H groups in total.